The van der Waals surface area contributed by atoms with E-state index in [0.717, 1.165) is 28.9 Å². The highest BCUT2D eigenvalue weighted by molar-refractivity contribution is 5.80. The van der Waals surface area contributed by atoms with Crippen LogP contribution in [0.25, 0.3) is 22.3 Å². The van der Waals surface area contributed by atoms with E-state index in [2.05, 4.69) is 4.98 Å². The molecule has 2 nitrogen and oxygen atoms in total. The summed E-state index contributed by atoms with van der Waals surface area (Å²) in [5, 5.41) is 0. The summed E-state index contributed by atoms with van der Waals surface area (Å²) < 4.78 is 40.3. The molecule has 0 atom stereocenters. The predicted molar refractivity (Wildman–Crippen MR) is 75.9 cm³/mol. The molecule has 0 aliphatic rings. The summed E-state index contributed by atoms with van der Waals surface area (Å²) in [6, 6.07) is 10.8. The van der Waals surface area contributed by atoms with Crippen LogP contribution in [0.4, 0.5) is 13.2 Å². The van der Waals surface area contributed by atoms with Crippen LogP contribution in [-0.4, -0.2) is 9.55 Å². The smallest absolute Gasteiger partial charge is 0.347 e. The van der Waals surface area contributed by atoms with Gasteiger partial charge >= 0.3 is 6.18 Å². The van der Waals surface area contributed by atoms with Crippen molar-refractivity contribution in [1.82, 2.24) is 9.55 Å². The van der Waals surface area contributed by atoms with Gasteiger partial charge in [-0.1, -0.05) is 12.1 Å². The highest BCUT2D eigenvalue weighted by atomic mass is 19.4. The maximum atomic E-state index is 12.8. The topological polar surface area (TPSA) is 17.8 Å². The van der Waals surface area contributed by atoms with E-state index in [4.69, 9.17) is 0 Å². The van der Waals surface area contributed by atoms with Crippen LogP contribution >= 0.6 is 0 Å². The lowest BCUT2D eigenvalue weighted by Crippen LogP contribution is -2.04. The molecule has 0 unspecified atom stereocenters. The van der Waals surface area contributed by atoms with Crippen molar-refractivity contribution < 1.29 is 13.2 Å². The number of hydrogen-bond donors (Lipinski definition) is 0. The highest BCUT2D eigenvalue weighted by Gasteiger charge is 2.30. The van der Waals surface area contributed by atoms with E-state index in [1.807, 2.05) is 30.7 Å². The molecule has 0 saturated heterocycles. The van der Waals surface area contributed by atoms with Crippen molar-refractivity contribution in [2.45, 2.75) is 13.1 Å². The third-order valence-corrected chi connectivity index (χ3v) is 3.62. The standard InChI is InChI=1S/C16H13F3N2/c1-10-8-14-15(21(10)2)7-6-13(20-14)11-4-3-5-12(9-11)16(17,18)19/h3-9H,1-2H3. The van der Waals surface area contributed by atoms with Crippen molar-refractivity contribution in [3.63, 3.8) is 0 Å². The second-order valence-electron chi connectivity index (χ2n) is 5.02. The summed E-state index contributed by atoms with van der Waals surface area (Å²) in [6.07, 6.45) is -4.34. The van der Waals surface area contributed by atoms with Gasteiger partial charge in [0.15, 0.2) is 0 Å². The molecule has 0 fully saturated rings. The Morgan fingerprint density at radius 3 is 2.52 bits per heavy atom. The Hall–Kier alpha value is -2.30. The average Bonchev–Trinajstić information content (AvgIpc) is 2.73. The van der Waals surface area contributed by atoms with Crippen LogP contribution in [-0.2, 0) is 13.2 Å². The molecule has 108 valence electrons. The van der Waals surface area contributed by atoms with Gasteiger partial charge in [-0.05, 0) is 37.3 Å². The molecule has 0 amide bonds. The Balaban J connectivity index is 2.12. The first-order chi connectivity index (χ1) is 9.86. The molecule has 21 heavy (non-hydrogen) atoms. The first kappa shape index (κ1) is 13.7. The van der Waals surface area contributed by atoms with Gasteiger partial charge < -0.3 is 4.57 Å². The number of aryl methyl sites for hydroxylation is 2. The molecule has 3 aromatic rings. The molecule has 0 saturated carbocycles. The average molecular weight is 290 g/mol. The minimum atomic E-state index is -4.34. The zero-order valence-corrected chi connectivity index (χ0v) is 11.6. The Labute approximate surface area is 119 Å². The molecule has 0 bridgehead atoms. The van der Waals surface area contributed by atoms with Crippen molar-refractivity contribution in [2.75, 3.05) is 0 Å². The van der Waals surface area contributed by atoms with Gasteiger partial charge in [-0.3, -0.25) is 0 Å². The Morgan fingerprint density at radius 1 is 1.05 bits per heavy atom. The minimum Gasteiger partial charge on any atom is -0.347 e. The number of pyridine rings is 1. The summed E-state index contributed by atoms with van der Waals surface area (Å²) in [4.78, 5) is 4.46. The fourth-order valence-electron chi connectivity index (χ4n) is 2.36. The van der Waals surface area contributed by atoms with Gasteiger partial charge in [-0.25, -0.2) is 4.98 Å². The molecule has 1 aromatic carbocycles. The number of fused-ring (bicyclic) bond motifs is 1. The third kappa shape index (κ3) is 2.39. The summed E-state index contributed by atoms with van der Waals surface area (Å²) >= 11 is 0. The Kier molecular flexibility index (Phi) is 3.01. The molecule has 0 aliphatic heterocycles. The SMILES string of the molecule is Cc1cc2nc(-c3cccc(C(F)(F)F)c3)ccc2n1C. The van der Waals surface area contributed by atoms with Crippen molar-refractivity contribution in [1.29, 1.82) is 0 Å². The van der Waals surface area contributed by atoms with E-state index < -0.39 is 11.7 Å². The number of aromatic nitrogens is 2. The van der Waals surface area contributed by atoms with Gasteiger partial charge in [-0.2, -0.15) is 13.2 Å². The number of alkyl halides is 3. The first-order valence-electron chi connectivity index (χ1n) is 6.47. The third-order valence-electron chi connectivity index (χ3n) is 3.62. The maximum absolute atomic E-state index is 12.8. The molecule has 5 heteroatoms. The molecule has 0 radical (unpaired) electrons. The van der Waals surface area contributed by atoms with Gasteiger partial charge in [0.25, 0.3) is 0 Å². The number of hydrogen-bond acceptors (Lipinski definition) is 1. The fraction of sp³-hybridized carbons (Fsp3) is 0.188. The lowest BCUT2D eigenvalue weighted by molar-refractivity contribution is -0.137. The van der Waals surface area contributed by atoms with E-state index in [0.29, 0.717) is 11.3 Å². The molecule has 0 N–H and O–H groups in total. The van der Waals surface area contributed by atoms with Gasteiger partial charge in [0.05, 0.1) is 22.3 Å². The molecular formula is C16H13F3N2. The number of halogens is 3. The van der Waals surface area contributed by atoms with E-state index in [-0.39, 0.29) is 0 Å². The molecular weight excluding hydrogens is 277 g/mol. The minimum absolute atomic E-state index is 0.466. The largest absolute Gasteiger partial charge is 0.416 e. The van der Waals surface area contributed by atoms with Gasteiger partial charge in [-0.15, -0.1) is 0 Å². The van der Waals surface area contributed by atoms with Crippen LogP contribution in [0.2, 0.25) is 0 Å². The normalized spacial score (nSPS) is 12.0. The highest BCUT2D eigenvalue weighted by Crippen LogP contribution is 2.32. The van der Waals surface area contributed by atoms with Crippen molar-refractivity contribution in [2.24, 2.45) is 7.05 Å². The van der Waals surface area contributed by atoms with Gasteiger partial charge in [0, 0.05) is 18.3 Å². The number of rotatable bonds is 1. The zero-order valence-electron chi connectivity index (χ0n) is 11.6. The fourth-order valence-corrected chi connectivity index (χ4v) is 2.36. The van der Waals surface area contributed by atoms with Crippen LogP contribution in [0, 0.1) is 6.92 Å². The Bertz CT molecular complexity index is 816. The van der Waals surface area contributed by atoms with Crippen LogP contribution < -0.4 is 0 Å². The lowest BCUT2D eigenvalue weighted by Gasteiger charge is -2.08. The van der Waals surface area contributed by atoms with Crippen molar-refractivity contribution in [3.8, 4) is 11.3 Å². The van der Waals surface area contributed by atoms with E-state index in [9.17, 15) is 13.2 Å². The molecule has 0 spiro atoms. The van der Waals surface area contributed by atoms with Crippen molar-refractivity contribution >= 4 is 11.0 Å². The molecule has 2 aromatic heterocycles. The van der Waals surface area contributed by atoms with Crippen LogP contribution in [0.1, 0.15) is 11.3 Å². The van der Waals surface area contributed by atoms with Crippen molar-refractivity contribution in [3.05, 3.63) is 53.7 Å². The molecule has 3 rings (SSSR count). The predicted octanol–water partition coefficient (Wildman–Crippen LogP) is 4.57. The van der Waals surface area contributed by atoms with E-state index in [1.165, 1.54) is 6.07 Å². The maximum Gasteiger partial charge on any atom is 0.416 e. The van der Waals surface area contributed by atoms with Gasteiger partial charge in [0.2, 0.25) is 0 Å². The van der Waals surface area contributed by atoms with Gasteiger partial charge in [0.1, 0.15) is 0 Å². The summed E-state index contributed by atoms with van der Waals surface area (Å²) in [7, 11) is 1.93. The second-order valence-corrected chi connectivity index (χ2v) is 5.02. The first-order valence-corrected chi connectivity index (χ1v) is 6.47. The Morgan fingerprint density at radius 2 is 1.81 bits per heavy atom. The number of nitrogens with zero attached hydrogens (tertiary/aromatic N) is 2. The molecule has 2 heterocycles. The quantitative estimate of drug-likeness (QED) is 0.642. The second kappa shape index (κ2) is 4.62. The van der Waals surface area contributed by atoms with E-state index in [1.54, 1.807) is 12.1 Å². The number of benzene rings is 1. The summed E-state index contributed by atoms with van der Waals surface area (Å²) in [6.45, 7) is 1.96. The monoisotopic (exact) mass is 290 g/mol. The van der Waals surface area contributed by atoms with Crippen LogP contribution in [0.3, 0.4) is 0 Å². The summed E-state index contributed by atoms with van der Waals surface area (Å²) in [5.74, 6) is 0. The van der Waals surface area contributed by atoms with Crippen LogP contribution in [0.15, 0.2) is 42.5 Å². The summed E-state index contributed by atoms with van der Waals surface area (Å²) in [5.41, 5.74) is 3.14. The van der Waals surface area contributed by atoms with E-state index >= 15 is 0 Å². The molecule has 0 aliphatic carbocycles. The van der Waals surface area contributed by atoms with Crippen LogP contribution in [0.5, 0.6) is 0 Å². The lowest BCUT2D eigenvalue weighted by atomic mass is 10.1. The zero-order chi connectivity index (χ0) is 15.2.